The highest BCUT2D eigenvalue weighted by Crippen LogP contribution is 2.28. The average molecular weight is 369 g/mol. The molecular weight excluding hydrogens is 348 g/mol. The van der Waals surface area contributed by atoms with E-state index in [0.29, 0.717) is 17.1 Å². The number of halogens is 1. The summed E-state index contributed by atoms with van der Waals surface area (Å²) in [6, 6.07) is 14.9. The van der Waals surface area contributed by atoms with E-state index in [0.717, 1.165) is 28.8 Å². The van der Waals surface area contributed by atoms with Crippen molar-refractivity contribution in [3.05, 3.63) is 65.3 Å². The zero-order chi connectivity index (χ0) is 18.5. The van der Waals surface area contributed by atoms with E-state index >= 15 is 0 Å². The second kappa shape index (κ2) is 8.17. The van der Waals surface area contributed by atoms with E-state index in [2.05, 4.69) is 15.6 Å². The number of anilines is 2. The van der Waals surface area contributed by atoms with Gasteiger partial charge >= 0.3 is 0 Å². The molecule has 0 aliphatic carbocycles. The number of rotatable bonds is 6. The van der Waals surface area contributed by atoms with Crippen LogP contribution in [0.5, 0.6) is 0 Å². The summed E-state index contributed by atoms with van der Waals surface area (Å²) in [4.78, 5) is 18.9. The molecule has 0 aliphatic heterocycles. The minimum atomic E-state index is -0.105. The van der Waals surface area contributed by atoms with Crippen LogP contribution in [-0.4, -0.2) is 43.0 Å². The molecule has 1 heterocycles. The molecule has 2 N–H and O–H groups in total. The third-order valence-corrected chi connectivity index (χ3v) is 4.22. The van der Waals surface area contributed by atoms with E-state index in [9.17, 15) is 4.79 Å². The monoisotopic (exact) mass is 368 g/mol. The van der Waals surface area contributed by atoms with Crippen molar-refractivity contribution in [1.29, 1.82) is 0 Å². The summed E-state index contributed by atoms with van der Waals surface area (Å²) < 4.78 is 0. The Morgan fingerprint density at radius 3 is 2.73 bits per heavy atom. The van der Waals surface area contributed by atoms with Crippen LogP contribution in [0.3, 0.4) is 0 Å². The fraction of sp³-hybridized carbons (Fsp3) is 0.200. The highest BCUT2D eigenvalue weighted by Gasteiger charge is 2.12. The molecule has 5 nitrogen and oxygen atoms in total. The van der Waals surface area contributed by atoms with Crippen molar-refractivity contribution in [1.82, 2.24) is 15.2 Å². The van der Waals surface area contributed by atoms with Gasteiger partial charge in [0.25, 0.3) is 5.91 Å². The van der Waals surface area contributed by atoms with Crippen molar-refractivity contribution in [2.75, 3.05) is 32.5 Å². The highest BCUT2D eigenvalue weighted by atomic mass is 35.5. The van der Waals surface area contributed by atoms with Crippen molar-refractivity contribution >= 4 is 39.8 Å². The maximum atomic E-state index is 12.6. The number of carbonyl (C=O) groups is 1. The number of aromatic nitrogens is 1. The lowest BCUT2D eigenvalue weighted by Gasteiger charge is -2.15. The largest absolute Gasteiger partial charge is 0.354 e. The molecule has 134 valence electrons. The normalized spacial score (nSPS) is 10.9. The molecule has 0 aliphatic rings. The molecule has 2 aromatic carbocycles. The number of hydrogen-bond donors (Lipinski definition) is 2. The summed E-state index contributed by atoms with van der Waals surface area (Å²) in [5.41, 5.74) is 3.03. The van der Waals surface area contributed by atoms with Crippen LogP contribution in [0.25, 0.3) is 10.9 Å². The lowest BCUT2D eigenvalue weighted by molar-refractivity contribution is 0.0952. The number of likely N-dealkylation sites (N-methyl/N-ethyl adjacent to an activating group) is 1. The van der Waals surface area contributed by atoms with Crippen LogP contribution in [0.4, 0.5) is 11.4 Å². The van der Waals surface area contributed by atoms with Gasteiger partial charge in [0.15, 0.2) is 0 Å². The first-order valence-electron chi connectivity index (χ1n) is 8.38. The van der Waals surface area contributed by atoms with Crippen molar-refractivity contribution in [3.63, 3.8) is 0 Å². The lowest BCUT2D eigenvalue weighted by atomic mass is 10.1. The Labute approximate surface area is 158 Å². The van der Waals surface area contributed by atoms with Crippen molar-refractivity contribution < 1.29 is 4.79 Å². The summed E-state index contributed by atoms with van der Waals surface area (Å²) in [6.07, 6.45) is 1.73. The molecule has 3 aromatic rings. The van der Waals surface area contributed by atoms with Crippen molar-refractivity contribution in [2.24, 2.45) is 0 Å². The molecule has 1 amide bonds. The Hall–Kier alpha value is -2.63. The average Bonchev–Trinajstić information content (AvgIpc) is 2.62. The molecule has 0 bridgehead atoms. The molecule has 26 heavy (non-hydrogen) atoms. The number of hydrogen-bond acceptors (Lipinski definition) is 4. The first-order chi connectivity index (χ1) is 12.5. The number of benzene rings is 2. The van der Waals surface area contributed by atoms with Gasteiger partial charge in [-0.15, -0.1) is 0 Å². The standard InChI is InChI=1S/C20H21ClN4O/c1-25(2)12-11-23-20(26)15-5-3-4-6-18(15)24-19-9-10-22-17-8-7-14(21)13-16(17)19/h3-10,13H,11-12H2,1-2H3,(H,22,24)(H,23,26). The third kappa shape index (κ3) is 4.31. The predicted molar refractivity (Wildman–Crippen MR) is 107 cm³/mol. The second-order valence-corrected chi connectivity index (χ2v) is 6.69. The van der Waals surface area contributed by atoms with Gasteiger partial charge in [-0.25, -0.2) is 0 Å². The quantitative estimate of drug-likeness (QED) is 0.692. The molecule has 1 aromatic heterocycles. The van der Waals surface area contributed by atoms with Gasteiger partial charge in [0.05, 0.1) is 16.8 Å². The summed E-state index contributed by atoms with van der Waals surface area (Å²) >= 11 is 6.13. The Balaban J connectivity index is 1.87. The van der Waals surface area contributed by atoms with Gasteiger partial charge in [-0.2, -0.15) is 0 Å². The van der Waals surface area contributed by atoms with Crippen molar-refractivity contribution in [3.8, 4) is 0 Å². The number of nitrogens with zero attached hydrogens (tertiary/aromatic N) is 2. The zero-order valence-electron chi connectivity index (χ0n) is 14.8. The number of para-hydroxylation sites is 1. The molecule has 6 heteroatoms. The van der Waals surface area contributed by atoms with E-state index in [1.54, 1.807) is 6.20 Å². The molecule has 0 saturated heterocycles. The second-order valence-electron chi connectivity index (χ2n) is 6.25. The first-order valence-corrected chi connectivity index (χ1v) is 8.75. The Morgan fingerprint density at radius 2 is 1.92 bits per heavy atom. The number of carbonyl (C=O) groups excluding carboxylic acids is 1. The summed E-state index contributed by atoms with van der Waals surface area (Å²) in [5, 5.41) is 7.85. The predicted octanol–water partition coefficient (Wildman–Crippen LogP) is 3.92. The van der Waals surface area contributed by atoms with Gasteiger partial charge < -0.3 is 15.5 Å². The van der Waals surface area contributed by atoms with Gasteiger partial charge in [0.2, 0.25) is 0 Å². The molecule has 0 radical (unpaired) electrons. The summed E-state index contributed by atoms with van der Waals surface area (Å²) in [6.45, 7) is 1.38. The van der Waals surface area contributed by atoms with Gasteiger partial charge in [-0.05, 0) is 50.5 Å². The molecule has 3 rings (SSSR count). The molecule has 0 fully saturated rings. The zero-order valence-corrected chi connectivity index (χ0v) is 15.5. The van der Waals surface area contributed by atoms with Gasteiger partial charge in [0, 0.05) is 35.4 Å². The fourth-order valence-corrected chi connectivity index (χ4v) is 2.82. The highest BCUT2D eigenvalue weighted by molar-refractivity contribution is 6.31. The molecular formula is C20H21ClN4O. The van der Waals surface area contributed by atoms with E-state index in [1.165, 1.54) is 0 Å². The molecule has 0 saturated carbocycles. The van der Waals surface area contributed by atoms with Crippen molar-refractivity contribution in [2.45, 2.75) is 0 Å². The maximum absolute atomic E-state index is 12.6. The number of amides is 1. The van der Waals surface area contributed by atoms with Crippen LogP contribution in [0.1, 0.15) is 10.4 Å². The van der Waals surface area contributed by atoms with E-state index in [4.69, 9.17) is 11.6 Å². The smallest absolute Gasteiger partial charge is 0.253 e. The van der Waals surface area contributed by atoms with E-state index in [1.807, 2.05) is 67.5 Å². The van der Waals surface area contributed by atoms with Crippen LogP contribution in [0, 0.1) is 0 Å². The van der Waals surface area contributed by atoms with E-state index in [-0.39, 0.29) is 5.91 Å². The van der Waals surface area contributed by atoms with Gasteiger partial charge in [-0.1, -0.05) is 23.7 Å². The van der Waals surface area contributed by atoms with Crippen LogP contribution < -0.4 is 10.6 Å². The van der Waals surface area contributed by atoms with Crippen LogP contribution in [0.15, 0.2) is 54.7 Å². The maximum Gasteiger partial charge on any atom is 0.253 e. The minimum absolute atomic E-state index is 0.105. The SMILES string of the molecule is CN(C)CCNC(=O)c1ccccc1Nc1ccnc2ccc(Cl)cc12. The summed E-state index contributed by atoms with van der Waals surface area (Å²) in [7, 11) is 3.95. The van der Waals surface area contributed by atoms with Crippen LogP contribution in [0.2, 0.25) is 5.02 Å². The van der Waals surface area contributed by atoms with Gasteiger partial charge in [-0.3, -0.25) is 9.78 Å². The topological polar surface area (TPSA) is 57.3 Å². The summed E-state index contributed by atoms with van der Waals surface area (Å²) in [5.74, 6) is -0.105. The third-order valence-electron chi connectivity index (χ3n) is 3.99. The van der Waals surface area contributed by atoms with E-state index < -0.39 is 0 Å². The first kappa shape index (κ1) is 18.2. The van der Waals surface area contributed by atoms with Gasteiger partial charge in [0.1, 0.15) is 0 Å². The minimum Gasteiger partial charge on any atom is -0.354 e. The number of fused-ring (bicyclic) bond motifs is 1. The Bertz CT molecular complexity index is 927. The van der Waals surface area contributed by atoms with Crippen LogP contribution in [-0.2, 0) is 0 Å². The van der Waals surface area contributed by atoms with Crippen LogP contribution >= 0.6 is 11.6 Å². The molecule has 0 unspecified atom stereocenters. The Kier molecular flexibility index (Phi) is 5.71. The number of nitrogens with one attached hydrogen (secondary N) is 2. The molecule has 0 atom stereocenters. The Morgan fingerprint density at radius 1 is 1.12 bits per heavy atom. The number of pyridine rings is 1. The molecule has 0 spiro atoms. The lowest BCUT2D eigenvalue weighted by Crippen LogP contribution is -2.31. The fourth-order valence-electron chi connectivity index (χ4n) is 2.65.